The topological polar surface area (TPSA) is 107 Å². The van der Waals surface area contributed by atoms with Gasteiger partial charge in [0.05, 0.1) is 11.9 Å². The molecule has 5 rings (SSSR count). The summed E-state index contributed by atoms with van der Waals surface area (Å²) in [6.45, 7) is 5.27. The lowest BCUT2D eigenvalue weighted by molar-refractivity contribution is -0.141. The molecule has 41 heavy (non-hydrogen) atoms. The summed E-state index contributed by atoms with van der Waals surface area (Å²) in [6, 6.07) is 10.5. The largest absolute Gasteiger partial charge is 0.437 e. The predicted octanol–water partition coefficient (Wildman–Crippen LogP) is 5.38. The number of para-hydroxylation sites is 1. The van der Waals surface area contributed by atoms with Crippen LogP contribution in [0.4, 0.5) is 41.2 Å². The fourth-order valence-electron chi connectivity index (χ4n) is 4.97. The Morgan fingerprint density at radius 2 is 1.63 bits per heavy atom. The van der Waals surface area contributed by atoms with Crippen molar-refractivity contribution in [2.24, 2.45) is 0 Å². The Bertz CT molecular complexity index is 1370. The molecule has 0 unspecified atom stereocenters. The van der Waals surface area contributed by atoms with E-state index in [0.29, 0.717) is 45.1 Å². The third-order valence-electron chi connectivity index (χ3n) is 7.22. The lowest BCUT2D eigenvalue weighted by Gasteiger charge is -2.24. The highest BCUT2D eigenvalue weighted by Crippen LogP contribution is 2.35. The van der Waals surface area contributed by atoms with Gasteiger partial charge in [-0.3, -0.25) is 4.79 Å². The second kappa shape index (κ2) is 12.1. The number of nitrogens with zero attached hydrogens (tertiary/aromatic N) is 5. The van der Waals surface area contributed by atoms with Gasteiger partial charge >= 0.3 is 12.2 Å². The second-order valence-corrected chi connectivity index (χ2v) is 10.2. The molecule has 2 aromatic heterocycles. The average Bonchev–Trinajstić information content (AvgIpc) is 3.29. The van der Waals surface area contributed by atoms with Crippen LogP contribution in [0.25, 0.3) is 0 Å². The number of piperidine rings is 1. The Morgan fingerprint density at radius 1 is 0.878 bits per heavy atom. The predicted molar refractivity (Wildman–Crippen MR) is 148 cm³/mol. The van der Waals surface area contributed by atoms with E-state index in [-0.39, 0.29) is 17.7 Å². The zero-order valence-corrected chi connectivity index (χ0v) is 22.7. The van der Waals surface area contributed by atoms with Crippen molar-refractivity contribution < 1.29 is 27.2 Å². The van der Waals surface area contributed by atoms with Gasteiger partial charge in [0.15, 0.2) is 5.69 Å². The number of carbonyl (C=O) groups excluding carboxylic acids is 2. The van der Waals surface area contributed by atoms with Gasteiger partial charge in [-0.2, -0.15) is 18.2 Å². The Kier molecular flexibility index (Phi) is 8.31. The van der Waals surface area contributed by atoms with Crippen LogP contribution in [0.1, 0.15) is 47.5 Å². The van der Waals surface area contributed by atoms with E-state index in [1.54, 1.807) is 21.9 Å². The number of nitrogens with one attached hydrogen (secondary N) is 2. The summed E-state index contributed by atoms with van der Waals surface area (Å²) >= 11 is 0. The first-order valence-corrected chi connectivity index (χ1v) is 13.7. The van der Waals surface area contributed by atoms with Gasteiger partial charge in [-0.15, -0.1) is 0 Å². The maximum absolute atomic E-state index is 13.7. The smallest absolute Gasteiger partial charge is 0.417 e. The van der Waals surface area contributed by atoms with Crippen molar-refractivity contribution in [3.05, 3.63) is 59.6 Å². The van der Waals surface area contributed by atoms with Crippen molar-refractivity contribution in [1.82, 2.24) is 14.9 Å². The number of hydrogen-bond donors (Lipinski definition) is 2. The van der Waals surface area contributed by atoms with E-state index in [9.17, 15) is 22.8 Å². The summed E-state index contributed by atoms with van der Waals surface area (Å²) < 4.78 is 46.3. The SMILES string of the molecule is Cc1ccccc1NC(=O)N1CCCN(c2ccc(NC(=O)c3oc(N4CCCCC4)nc3C(F)(F)F)cn2)CC1. The van der Waals surface area contributed by atoms with Crippen molar-refractivity contribution in [2.75, 3.05) is 59.7 Å². The van der Waals surface area contributed by atoms with Crippen molar-refractivity contribution in [3.63, 3.8) is 0 Å². The minimum atomic E-state index is -4.84. The number of anilines is 4. The van der Waals surface area contributed by atoms with Gasteiger partial charge < -0.3 is 29.8 Å². The summed E-state index contributed by atoms with van der Waals surface area (Å²) in [7, 11) is 0. The molecule has 10 nitrogen and oxygen atoms in total. The zero-order valence-electron chi connectivity index (χ0n) is 22.7. The number of benzene rings is 1. The second-order valence-electron chi connectivity index (χ2n) is 10.2. The van der Waals surface area contributed by atoms with Crippen LogP contribution in [0, 0.1) is 6.92 Å². The van der Waals surface area contributed by atoms with Crippen LogP contribution < -0.4 is 20.4 Å². The molecule has 2 aliphatic rings. The monoisotopic (exact) mass is 571 g/mol. The van der Waals surface area contributed by atoms with Crippen LogP contribution in [-0.4, -0.2) is 66.1 Å². The van der Waals surface area contributed by atoms with Crippen LogP contribution in [0.2, 0.25) is 0 Å². The van der Waals surface area contributed by atoms with Crippen molar-refractivity contribution in [2.45, 2.75) is 38.8 Å². The highest BCUT2D eigenvalue weighted by Gasteiger charge is 2.42. The number of aromatic nitrogens is 2. The Balaban J connectivity index is 1.21. The number of alkyl halides is 3. The summed E-state index contributed by atoms with van der Waals surface area (Å²) in [5.74, 6) is -1.29. The van der Waals surface area contributed by atoms with Gasteiger partial charge in [0.1, 0.15) is 5.82 Å². The van der Waals surface area contributed by atoms with E-state index in [1.165, 1.54) is 6.20 Å². The molecule has 2 saturated heterocycles. The number of amides is 3. The molecule has 1 aromatic carbocycles. The molecule has 3 amide bonds. The summed E-state index contributed by atoms with van der Waals surface area (Å²) in [4.78, 5) is 39.1. The number of carbonyl (C=O) groups is 2. The number of aryl methyl sites for hydroxylation is 1. The van der Waals surface area contributed by atoms with E-state index in [2.05, 4.69) is 20.6 Å². The number of rotatable bonds is 5. The first-order chi connectivity index (χ1) is 19.7. The van der Waals surface area contributed by atoms with Gasteiger partial charge in [-0.1, -0.05) is 18.2 Å². The quantitative estimate of drug-likeness (QED) is 0.423. The van der Waals surface area contributed by atoms with Gasteiger partial charge in [0.2, 0.25) is 5.76 Å². The highest BCUT2D eigenvalue weighted by atomic mass is 19.4. The molecule has 0 atom stereocenters. The third kappa shape index (κ3) is 6.72. The molecule has 2 fully saturated rings. The fourth-order valence-corrected chi connectivity index (χ4v) is 4.97. The van der Waals surface area contributed by atoms with Crippen molar-refractivity contribution in [1.29, 1.82) is 0 Å². The molecule has 13 heteroatoms. The summed E-state index contributed by atoms with van der Waals surface area (Å²) in [5, 5.41) is 5.41. The maximum Gasteiger partial charge on any atom is 0.437 e. The number of halogens is 3. The molecular formula is C28H32F3N7O3. The Morgan fingerprint density at radius 3 is 2.34 bits per heavy atom. The molecule has 2 aliphatic heterocycles. The molecule has 218 valence electrons. The molecule has 0 spiro atoms. The summed E-state index contributed by atoms with van der Waals surface area (Å²) in [6.07, 6.45) is -0.108. The highest BCUT2D eigenvalue weighted by molar-refractivity contribution is 6.03. The van der Waals surface area contributed by atoms with Crippen LogP contribution >= 0.6 is 0 Å². The molecule has 4 heterocycles. The normalized spacial score (nSPS) is 16.3. The van der Waals surface area contributed by atoms with E-state index in [4.69, 9.17) is 4.42 Å². The van der Waals surface area contributed by atoms with Gasteiger partial charge in [0.25, 0.3) is 11.9 Å². The number of urea groups is 1. The molecule has 0 bridgehead atoms. The van der Waals surface area contributed by atoms with E-state index in [0.717, 1.165) is 36.9 Å². The van der Waals surface area contributed by atoms with Crippen LogP contribution in [0.15, 0.2) is 47.0 Å². The third-order valence-corrected chi connectivity index (χ3v) is 7.22. The first kappa shape index (κ1) is 28.2. The van der Waals surface area contributed by atoms with Crippen molar-refractivity contribution >= 4 is 35.1 Å². The van der Waals surface area contributed by atoms with E-state index in [1.807, 2.05) is 36.1 Å². The molecule has 0 radical (unpaired) electrons. The molecule has 2 N–H and O–H groups in total. The molecule has 0 aliphatic carbocycles. The van der Waals surface area contributed by atoms with Crippen molar-refractivity contribution in [3.8, 4) is 0 Å². The lowest BCUT2D eigenvalue weighted by Crippen LogP contribution is -2.38. The van der Waals surface area contributed by atoms with Crippen LogP contribution in [0.5, 0.6) is 0 Å². The summed E-state index contributed by atoms with van der Waals surface area (Å²) in [5.41, 5.74) is 0.625. The van der Waals surface area contributed by atoms with Gasteiger partial charge in [-0.05, 0) is 56.4 Å². The van der Waals surface area contributed by atoms with Crippen LogP contribution in [-0.2, 0) is 6.18 Å². The fraction of sp³-hybridized carbons (Fsp3) is 0.429. The molecule has 3 aromatic rings. The Hall–Kier alpha value is -4.29. The maximum atomic E-state index is 13.7. The standard InChI is InChI=1S/C28H32F3N7O3/c1-19-8-3-4-9-21(19)34-26(40)37-15-7-14-36(16-17-37)22-11-10-20(18-32-22)33-25(39)23-24(28(29,30)31)35-27(41-23)38-12-5-2-6-13-38/h3-4,8-11,18H,2,5-7,12-17H2,1H3,(H,33,39)(H,34,40). The van der Waals surface area contributed by atoms with E-state index >= 15 is 0 Å². The van der Waals surface area contributed by atoms with E-state index < -0.39 is 23.5 Å². The average molecular weight is 572 g/mol. The first-order valence-electron chi connectivity index (χ1n) is 13.7. The lowest BCUT2D eigenvalue weighted by atomic mass is 10.1. The minimum Gasteiger partial charge on any atom is -0.417 e. The number of pyridine rings is 1. The Labute approximate surface area is 235 Å². The van der Waals surface area contributed by atoms with Gasteiger partial charge in [-0.25, -0.2) is 9.78 Å². The zero-order chi connectivity index (χ0) is 29.0. The molecular weight excluding hydrogens is 539 g/mol. The minimum absolute atomic E-state index is 0.166. The number of oxazole rings is 1. The molecule has 0 saturated carbocycles. The van der Waals surface area contributed by atoms with Gasteiger partial charge in [0, 0.05) is 45.0 Å². The van der Waals surface area contributed by atoms with Crippen LogP contribution in [0.3, 0.4) is 0 Å². The number of hydrogen-bond acceptors (Lipinski definition) is 7.